The monoisotopic (exact) mass is 295 g/mol. The van der Waals surface area contributed by atoms with Gasteiger partial charge in [-0.1, -0.05) is 12.1 Å². The topological polar surface area (TPSA) is 105 Å². The Kier molecular flexibility index (Phi) is 3.90. The molecule has 0 bridgehead atoms. The number of rotatable bonds is 4. The number of halogens is 1. The lowest BCUT2D eigenvalue weighted by molar-refractivity contribution is -0.407. The van der Waals surface area contributed by atoms with Gasteiger partial charge in [-0.25, -0.2) is 10.3 Å². The first kappa shape index (κ1) is 13.9. The van der Waals surface area contributed by atoms with Gasteiger partial charge in [0.15, 0.2) is 16.6 Å². The molecule has 4 N–H and O–H groups in total. The molecule has 20 heavy (non-hydrogen) atoms. The van der Waals surface area contributed by atoms with Gasteiger partial charge in [0, 0.05) is 6.07 Å². The number of para-hydroxylation sites is 2. The Morgan fingerprint density at radius 1 is 1.45 bits per heavy atom. The van der Waals surface area contributed by atoms with Crippen LogP contribution in [0.15, 0.2) is 30.3 Å². The molecule has 1 aromatic heterocycles. The predicted octanol–water partition coefficient (Wildman–Crippen LogP) is 2.40. The standard InChI is InChI=1S/C12H11ClN4O3/c1-20-9-5-3-2-4-8(9)15-12-11(17(18)19)7(14)6-10(13)16-12/h2-6H,1H3,(H3,14,15,16)/p+1. The van der Waals surface area contributed by atoms with Crippen LogP contribution in [0, 0.1) is 10.1 Å². The van der Waals surface area contributed by atoms with Gasteiger partial charge in [0.2, 0.25) is 0 Å². The number of hydrogen-bond acceptors (Lipinski definition) is 5. The first-order valence-corrected chi connectivity index (χ1v) is 5.96. The van der Waals surface area contributed by atoms with Crippen LogP contribution in [0.25, 0.3) is 0 Å². The molecule has 2 rings (SSSR count). The molecule has 0 amide bonds. The third-order valence-electron chi connectivity index (χ3n) is 2.59. The lowest BCUT2D eigenvalue weighted by Crippen LogP contribution is -2.15. The summed E-state index contributed by atoms with van der Waals surface area (Å²) >= 11 is 5.84. The summed E-state index contributed by atoms with van der Waals surface area (Å²) in [5.41, 5.74) is 5.87. The molecule has 0 aliphatic carbocycles. The van der Waals surface area contributed by atoms with Crippen LogP contribution in [0.4, 0.5) is 22.9 Å². The fourth-order valence-corrected chi connectivity index (χ4v) is 1.95. The van der Waals surface area contributed by atoms with Crippen LogP contribution in [0.1, 0.15) is 0 Å². The van der Waals surface area contributed by atoms with E-state index in [0.717, 1.165) is 0 Å². The van der Waals surface area contributed by atoms with E-state index >= 15 is 0 Å². The summed E-state index contributed by atoms with van der Waals surface area (Å²) in [6.45, 7) is 0. The second-order valence-electron chi connectivity index (χ2n) is 3.88. The molecule has 0 aliphatic rings. The second-order valence-corrected chi connectivity index (χ2v) is 4.29. The number of ether oxygens (including phenoxy) is 1. The zero-order valence-corrected chi connectivity index (χ0v) is 11.3. The van der Waals surface area contributed by atoms with Crippen molar-refractivity contribution in [3.8, 4) is 5.75 Å². The number of nitrogen functional groups attached to an aromatic ring is 1. The van der Waals surface area contributed by atoms with Gasteiger partial charge in [0.05, 0.1) is 12.0 Å². The summed E-state index contributed by atoms with van der Waals surface area (Å²) in [7, 11) is 1.50. The van der Waals surface area contributed by atoms with Crippen LogP contribution in [-0.2, 0) is 0 Å². The van der Waals surface area contributed by atoms with E-state index in [1.54, 1.807) is 24.3 Å². The number of H-pyrrole nitrogens is 1. The first-order valence-electron chi connectivity index (χ1n) is 5.58. The number of pyridine rings is 1. The van der Waals surface area contributed by atoms with Crippen LogP contribution < -0.4 is 20.8 Å². The maximum Gasteiger partial charge on any atom is 0.380 e. The Labute approximate surface area is 119 Å². The molecule has 0 aliphatic heterocycles. The number of hydrogen-bond donors (Lipinski definition) is 2. The highest BCUT2D eigenvalue weighted by Crippen LogP contribution is 2.33. The van der Waals surface area contributed by atoms with E-state index in [1.807, 2.05) is 0 Å². The Morgan fingerprint density at radius 3 is 2.80 bits per heavy atom. The number of anilines is 3. The van der Waals surface area contributed by atoms with Crippen LogP contribution >= 0.6 is 11.6 Å². The number of benzene rings is 1. The van der Waals surface area contributed by atoms with Gasteiger partial charge in [0.1, 0.15) is 5.69 Å². The molecule has 0 unspecified atom stereocenters. The quantitative estimate of drug-likeness (QED) is 0.512. The average Bonchev–Trinajstić information content (AvgIpc) is 2.38. The van der Waals surface area contributed by atoms with Gasteiger partial charge in [-0.15, -0.1) is 0 Å². The SMILES string of the molecule is COc1ccccc1Nc1[nH+]c(Cl)cc(N)c1[N+](=O)[O-]. The molecule has 7 nitrogen and oxygen atoms in total. The Morgan fingerprint density at radius 2 is 2.15 bits per heavy atom. The minimum atomic E-state index is -0.583. The third kappa shape index (κ3) is 2.72. The number of aromatic nitrogens is 1. The van der Waals surface area contributed by atoms with Gasteiger partial charge in [-0.3, -0.25) is 10.1 Å². The van der Waals surface area contributed by atoms with Crippen molar-refractivity contribution in [3.05, 3.63) is 45.6 Å². The molecule has 8 heteroatoms. The zero-order chi connectivity index (χ0) is 14.7. The van der Waals surface area contributed by atoms with Crippen molar-refractivity contribution >= 4 is 34.5 Å². The van der Waals surface area contributed by atoms with Crippen LogP contribution in [0.5, 0.6) is 5.75 Å². The van der Waals surface area contributed by atoms with Crippen LogP contribution in [-0.4, -0.2) is 12.0 Å². The van der Waals surface area contributed by atoms with E-state index < -0.39 is 4.92 Å². The molecule has 2 aromatic rings. The summed E-state index contributed by atoms with van der Waals surface area (Å²) in [6.07, 6.45) is 0. The number of aromatic amines is 1. The maximum absolute atomic E-state index is 11.1. The first-order chi connectivity index (χ1) is 9.52. The summed E-state index contributed by atoms with van der Waals surface area (Å²) in [4.78, 5) is 13.2. The fraction of sp³-hybridized carbons (Fsp3) is 0.0833. The molecule has 0 saturated carbocycles. The predicted molar refractivity (Wildman–Crippen MR) is 75.4 cm³/mol. The summed E-state index contributed by atoms with van der Waals surface area (Å²) in [5, 5.41) is 14.1. The normalized spacial score (nSPS) is 10.1. The summed E-state index contributed by atoms with van der Waals surface area (Å²) in [5.74, 6) is 0.623. The highest BCUT2D eigenvalue weighted by molar-refractivity contribution is 6.28. The molecule has 104 valence electrons. The van der Waals surface area contributed by atoms with E-state index in [9.17, 15) is 10.1 Å². The number of nitrogens with zero attached hydrogens (tertiary/aromatic N) is 1. The molecule has 0 atom stereocenters. The number of nitrogens with one attached hydrogen (secondary N) is 2. The average molecular weight is 296 g/mol. The van der Waals surface area contributed by atoms with Gasteiger partial charge < -0.3 is 10.5 Å². The molecule has 0 saturated heterocycles. The largest absolute Gasteiger partial charge is 0.492 e. The van der Waals surface area contributed by atoms with Gasteiger partial charge in [-0.05, 0) is 23.7 Å². The smallest absolute Gasteiger partial charge is 0.380 e. The Hall–Kier alpha value is -2.54. The summed E-state index contributed by atoms with van der Waals surface area (Å²) < 4.78 is 5.17. The van der Waals surface area contributed by atoms with Gasteiger partial charge >= 0.3 is 11.5 Å². The highest BCUT2D eigenvalue weighted by Gasteiger charge is 2.27. The Balaban J connectivity index is 2.50. The third-order valence-corrected chi connectivity index (χ3v) is 2.79. The molecule has 1 heterocycles. The van der Waals surface area contributed by atoms with Crippen molar-refractivity contribution in [1.29, 1.82) is 0 Å². The lowest BCUT2D eigenvalue weighted by atomic mass is 10.2. The van der Waals surface area contributed by atoms with Crippen molar-refractivity contribution in [2.45, 2.75) is 0 Å². The second kappa shape index (κ2) is 5.62. The van der Waals surface area contributed by atoms with E-state index in [-0.39, 0.29) is 22.3 Å². The number of methoxy groups -OCH3 is 1. The van der Waals surface area contributed by atoms with E-state index in [0.29, 0.717) is 11.4 Å². The van der Waals surface area contributed by atoms with Crippen molar-refractivity contribution < 1.29 is 14.6 Å². The van der Waals surface area contributed by atoms with Crippen molar-refractivity contribution in [3.63, 3.8) is 0 Å². The molecule has 0 radical (unpaired) electrons. The van der Waals surface area contributed by atoms with Crippen molar-refractivity contribution in [2.24, 2.45) is 0 Å². The minimum absolute atomic E-state index is 0.0313. The highest BCUT2D eigenvalue weighted by atomic mass is 35.5. The molecule has 1 aromatic carbocycles. The van der Waals surface area contributed by atoms with E-state index in [4.69, 9.17) is 22.1 Å². The maximum atomic E-state index is 11.1. The van der Waals surface area contributed by atoms with Gasteiger partial charge in [0.25, 0.3) is 0 Å². The van der Waals surface area contributed by atoms with Crippen molar-refractivity contribution in [2.75, 3.05) is 18.2 Å². The molecule has 0 fully saturated rings. The van der Waals surface area contributed by atoms with E-state index in [1.165, 1.54) is 13.2 Å². The lowest BCUT2D eigenvalue weighted by Gasteiger charge is -2.06. The number of nitro groups is 1. The van der Waals surface area contributed by atoms with Gasteiger partial charge in [-0.2, -0.15) is 0 Å². The van der Waals surface area contributed by atoms with Crippen molar-refractivity contribution in [1.82, 2.24) is 0 Å². The van der Waals surface area contributed by atoms with Crippen LogP contribution in [0.3, 0.4) is 0 Å². The van der Waals surface area contributed by atoms with E-state index in [2.05, 4.69) is 10.3 Å². The molecular formula is C12H12ClN4O3+. The summed E-state index contributed by atoms with van der Waals surface area (Å²) in [6, 6.07) is 8.28. The molecule has 0 spiro atoms. The van der Waals surface area contributed by atoms with Crippen LogP contribution in [0.2, 0.25) is 5.15 Å². The Bertz CT molecular complexity index is 663. The fourth-order valence-electron chi connectivity index (χ4n) is 1.73. The molecular weight excluding hydrogens is 284 g/mol. The zero-order valence-electron chi connectivity index (χ0n) is 10.5. The number of nitrogens with two attached hydrogens (primary N) is 1. The minimum Gasteiger partial charge on any atom is -0.492 e.